The van der Waals surface area contributed by atoms with Crippen LogP contribution < -0.4 is 5.32 Å². The van der Waals surface area contributed by atoms with E-state index in [1.54, 1.807) is 30.4 Å². The summed E-state index contributed by atoms with van der Waals surface area (Å²) < 4.78 is 19.0. The molecule has 6 nitrogen and oxygen atoms in total. The SMILES string of the molecule is COC(=O)[C@]1(C)[NH2+][C@@H](c2ccccc2F)[C@H]2C(=O)N(C)C(=O)[C@H]21. The second-order valence-electron chi connectivity index (χ2n) is 6.23. The average Bonchev–Trinajstić information content (AvgIpc) is 2.97. The van der Waals surface area contributed by atoms with Crippen molar-refractivity contribution in [2.45, 2.75) is 18.5 Å². The summed E-state index contributed by atoms with van der Waals surface area (Å²) in [5.74, 6) is -3.52. The molecular weight excluding hydrogens is 303 g/mol. The largest absolute Gasteiger partial charge is 0.464 e. The number of nitrogens with two attached hydrogens (primary N) is 1. The smallest absolute Gasteiger partial charge is 0.368 e. The highest BCUT2D eigenvalue weighted by atomic mass is 19.1. The van der Waals surface area contributed by atoms with Crippen molar-refractivity contribution in [3.8, 4) is 0 Å². The third-order valence-electron chi connectivity index (χ3n) is 5.02. The summed E-state index contributed by atoms with van der Waals surface area (Å²) in [6.45, 7) is 1.57. The highest BCUT2D eigenvalue weighted by Crippen LogP contribution is 2.44. The van der Waals surface area contributed by atoms with E-state index in [0.717, 1.165) is 4.90 Å². The molecule has 2 amide bonds. The van der Waals surface area contributed by atoms with Crippen molar-refractivity contribution in [3.05, 3.63) is 35.6 Å². The summed E-state index contributed by atoms with van der Waals surface area (Å²) in [5, 5.41) is 1.59. The molecule has 2 fully saturated rings. The Morgan fingerprint density at radius 3 is 2.57 bits per heavy atom. The minimum atomic E-state index is -1.26. The molecule has 3 rings (SSSR count). The van der Waals surface area contributed by atoms with E-state index in [-0.39, 0.29) is 0 Å². The number of ether oxygens (including phenoxy) is 1. The van der Waals surface area contributed by atoms with Gasteiger partial charge in [0, 0.05) is 19.5 Å². The van der Waals surface area contributed by atoms with Crippen molar-refractivity contribution in [2.75, 3.05) is 14.2 Å². The Hall–Kier alpha value is -2.28. The van der Waals surface area contributed by atoms with E-state index in [4.69, 9.17) is 4.74 Å². The van der Waals surface area contributed by atoms with Crippen LogP contribution in [0.2, 0.25) is 0 Å². The number of rotatable bonds is 2. The number of hydrogen-bond acceptors (Lipinski definition) is 4. The summed E-state index contributed by atoms with van der Waals surface area (Å²) in [5.41, 5.74) is -0.948. The first-order valence-electron chi connectivity index (χ1n) is 7.33. The zero-order chi connectivity index (χ0) is 16.9. The van der Waals surface area contributed by atoms with Crippen molar-refractivity contribution in [1.29, 1.82) is 0 Å². The molecule has 1 aromatic carbocycles. The number of quaternary nitrogens is 1. The molecule has 0 aliphatic carbocycles. The molecule has 23 heavy (non-hydrogen) atoms. The Labute approximate surface area is 132 Å². The number of fused-ring (bicyclic) bond motifs is 1. The van der Waals surface area contributed by atoms with Crippen LogP contribution in [0.4, 0.5) is 4.39 Å². The Bertz CT molecular complexity index is 707. The minimum absolute atomic E-state index is 0.312. The number of benzene rings is 1. The molecule has 0 aromatic heterocycles. The number of carbonyl (C=O) groups excluding carboxylic acids is 3. The normalized spacial score (nSPS) is 33.0. The second kappa shape index (κ2) is 5.13. The van der Waals surface area contributed by atoms with Crippen molar-refractivity contribution < 1.29 is 28.8 Å². The van der Waals surface area contributed by atoms with Crippen molar-refractivity contribution in [3.63, 3.8) is 0 Å². The van der Waals surface area contributed by atoms with Crippen LogP contribution in [-0.4, -0.2) is 42.4 Å². The lowest BCUT2D eigenvalue weighted by atomic mass is 9.80. The quantitative estimate of drug-likeness (QED) is 0.594. The number of hydrogen-bond donors (Lipinski definition) is 1. The lowest BCUT2D eigenvalue weighted by molar-refractivity contribution is -0.731. The summed E-state index contributed by atoms with van der Waals surface area (Å²) >= 11 is 0. The summed E-state index contributed by atoms with van der Waals surface area (Å²) in [6.07, 6.45) is 0. The number of amides is 2. The molecule has 4 atom stereocenters. The maximum atomic E-state index is 14.2. The van der Waals surface area contributed by atoms with Gasteiger partial charge >= 0.3 is 5.97 Å². The lowest BCUT2D eigenvalue weighted by Gasteiger charge is -2.24. The number of methoxy groups -OCH3 is 1. The topological polar surface area (TPSA) is 80.3 Å². The molecule has 0 spiro atoms. The van der Waals surface area contributed by atoms with Gasteiger partial charge in [-0.05, 0) is 6.07 Å². The minimum Gasteiger partial charge on any atom is -0.464 e. The van der Waals surface area contributed by atoms with Gasteiger partial charge in [0.05, 0.1) is 7.11 Å². The highest BCUT2D eigenvalue weighted by molar-refractivity contribution is 6.08. The summed E-state index contributed by atoms with van der Waals surface area (Å²) in [7, 11) is 2.62. The van der Waals surface area contributed by atoms with Crippen LogP contribution in [0.15, 0.2) is 24.3 Å². The summed E-state index contributed by atoms with van der Waals surface area (Å²) in [6, 6.07) is 5.45. The van der Waals surface area contributed by atoms with Crippen LogP contribution >= 0.6 is 0 Å². The molecule has 122 valence electrons. The van der Waals surface area contributed by atoms with Gasteiger partial charge in [-0.1, -0.05) is 18.2 Å². The van der Waals surface area contributed by atoms with Gasteiger partial charge < -0.3 is 10.1 Å². The number of esters is 1. The highest BCUT2D eigenvalue weighted by Gasteiger charge is 2.70. The predicted octanol–water partition coefficient (Wildman–Crippen LogP) is -0.393. The van der Waals surface area contributed by atoms with Crippen LogP contribution in [0, 0.1) is 17.7 Å². The maximum Gasteiger partial charge on any atom is 0.368 e. The first kappa shape index (κ1) is 15.6. The van der Waals surface area contributed by atoms with Gasteiger partial charge in [0.15, 0.2) is 0 Å². The Kier molecular flexibility index (Phi) is 3.48. The van der Waals surface area contributed by atoms with E-state index in [2.05, 4.69) is 0 Å². The third kappa shape index (κ3) is 1.99. The number of carbonyl (C=O) groups is 3. The van der Waals surface area contributed by atoms with Gasteiger partial charge in [-0.3, -0.25) is 14.5 Å². The Balaban J connectivity index is 2.14. The zero-order valence-corrected chi connectivity index (χ0v) is 13.1. The van der Waals surface area contributed by atoms with E-state index in [1.165, 1.54) is 20.2 Å². The molecule has 2 aliphatic heterocycles. The van der Waals surface area contributed by atoms with E-state index in [0.29, 0.717) is 5.56 Å². The average molecular weight is 321 g/mol. The van der Waals surface area contributed by atoms with Gasteiger partial charge in [0.1, 0.15) is 23.7 Å². The van der Waals surface area contributed by atoms with Crippen LogP contribution in [0.25, 0.3) is 0 Å². The fraction of sp³-hybridized carbons (Fsp3) is 0.438. The molecule has 2 N–H and O–H groups in total. The molecular formula is C16H18FN2O4+. The fourth-order valence-electron chi connectivity index (χ4n) is 3.85. The van der Waals surface area contributed by atoms with Gasteiger partial charge in [0.2, 0.25) is 17.4 Å². The van der Waals surface area contributed by atoms with Crippen LogP contribution in [0.5, 0.6) is 0 Å². The van der Waals surface area contributed by atoms with Gasteiger partial charge in [0.25, 0.3) is 0 Å². The monoisotopic (exact) mass is 321 g/mol. The predicted molar refractivity (Wildman–Crippen MR) is 76.2 cm³/mol. The van der Waals surface area contributed by atoms with Crippen molar-refractivity contribution in [2.24, 2.45) is 11.8 Å². The molecule has 2 aliphatic rings. The first-order chi connectivity index (χ1) is 10.8. The molecule has 2 saturated heterocycles. The second-order valence-corrected chi connectivity index (χ2v) is 6.23. The van der Waals surface area contributed by atoms with Gasteiger partial charge in [-0.25, -0.2) is 9.18 Å². The molecule has 0 unspecified atom stereocenters. The van der Waals surface area contributed by atoms with Crippen LogP contribution in [0.3, 0.4) is 0 Å². The standard InChI is InChI=1S/C16H17FN2O4/c1-16(15(22)23-3)11-10(13(20)19(2)14(11)21)12(18-16)8-6-4-5-7-9(8)17/h4-7,10-12,18H,1-3H3/p+1/t10-,11-,12-,16+/m0/s1. The summed E-state index contributed by atoms with van der Waals surface area (Å²) in [4.78, 5) is 38.3. The zero-order valence-electron chi connectivity index (χ0n) is 13.1. The van der Waals surface area contributed by atoms with E-state index < -0.39 is 47.0 Å². The fourth-order valence-corrected chi connectivity index (χ4v) is 3.85. The molecule has 2 heterocycles. The number of imide groups is 1. The first-order valence-corrected chi connectivity index (χ1v) is 7.33. The van der Waals surface area contributed by atoms with Crippen LogP contribution in [-0.2, 0) is 19.1 Å². The molecule has 1 aromatic rings. The van der Waals surface area contributed by atoms with Crippen LogP contribution in [0.1, 0.15) is 18.5 Å². The van der Waals surface area contributed by atoms with E-state index >= 15 is 0 Å². The molecule has 0 bridgehead atoms. The number of halogens is 1. The Morgan fingerprint density at radius 1 is 1.30 bits per heavy atom. The van der Waals surface area contributed by atoms with Gasteiger partial charge in [-0.15, -0.1) is 0 Å². The third-order valence-corrected chi connectivity index (χ3v) is 5.02. The molecule has 0 saturated carbocycles. The van der Waals surface area contributed by atoms with Crippen molar-refractivity contribution in [1.82, 2.24) is 4.90 Å². The maximum absolute atomic E-state index is 14.2. The van der Waals surface area contributed by atoms with E-state index in [1.807, 2.05) is 0 Å². The van der Waals surface area contributed by atoms with E-state index in [9.17, 15) is 18.8 Å². The number of nitrogens with zero attached hydrogens (tertiary/aromatic N) is 1. The molecule has 7 heteroatoms. The van der Waals surface area contributed by atoms with Gasteiger partial charge in [-0.2, -0.15) is 0 Å². The lowest BCUT2D eigenvalue weighted by Crippen LogP contribution is -2.97. The molecule has 0 radical (unpaired) electrons. The number of likely N-dealkylation sites (tertiary alicyclic amines) is 1. The van der Waals surface area contributed by atoms with Crippen molar-refractivity contribution >= 4 is 17.8 Å². The Morgan fingerprint density at radius 2 is 1.96 bits per heavy atom.